The maximum atomic E-state index is 12.4. The number of aryl methyl sites for hydroxylation is 1. The average Bonchev–Trinajstić information content (AvgIpc) is 3.57. The highest BCUT2D eigenvalue weighted by molar-refractivity contribution is 7.78. The molecular weight excluding hydrogens is 633 g/mol. The van der Waals surface area contributed by atoms with E-state index in [1.165, 1.54) is 10.2 Å². The van der Waals surface area contributed by atoms with Gasteiger partial charge < -0.3 is 34.3 Å². The summed E-state index contributed by atoms with van der Waals surface area (Å²) < 4.78 is 26.6. The number of hydrogen-bond donors (Lipinski definition) is 5. The summed E-state index contributed by atoms with van der Waals surface area (Å²) in [5.41, 5.74) is 2.91. The molecule has 5 N–H and O–H groups in total. The van der Waals surface area contributed by atoms with Crippen LogP contribution >= 0.6 is 50.0 Å². The number of anilines is 1. The molecule has 2 aliphatic rings. The minimum absolute atomic E-state index is 0.00856. The van der Waals surface area contributed by atoms with Gasteiger partial charge in [-0.05, 0) is 42.0 Å². The van der Waals surface area contributed by atoms with Gasteiger partial charge in [0, 0.05) is 13.0 Å². The Morgan fingerprint density at radius 1 is 1.15 bits per heavy atom. The van der Waals surface area contributed by atoms with Crippen LogP contribution in [0.15, 0.2) is 24.3 Å². The number of halogens is 3. The number of aliphatic hydroxyl groups is 2. The van der Waals surface area contributed by atoms with Gasteiger partial charge in [-0.2, -0.15) is 9.97 Å². The Morgan fingerprint density at radius 2 is 1.85 bits per heavy atom. The first kappa shape index (κ1) is 30.1. The summed E-state index contributed by atoms with van der Waals surface area (Å²) in [7, 11) is -8.90. The summed E-state index contributed by atoms with van der Waals surface area (Å²) in [5, 5.41) is 29.8. The molecule has 0 aliphatic heterocycles. The zero-order chi connectivity index (χ0) is 29.2. The van der Waals surface area contributed by atoms with E-state index in [9.17, 15) is 34.0 Å². The number of aliphatic hydroxyl groups excluding tert-OH is 2. The highest BCUT2D eigenvalue weighted by atomic mass is 35.5. The minimum Gasteiger partial charge on any atom is -0.390 e. The summed E-state index contributed by atoms with van der Waals surface area (Å²) in [6.07, 6.45) is -1.21. The molecule has 0 bridgehead atoms. The average molecular weight is 658 g/mol. The normalized spacial score (nSPS) is 26.7. The third-order valence-corrected chi connectivity index (χ3v) is 13.6. The van der Waals surface area contributed by atoms with Crippen LogP contribution in [0.5, 0.6) is 0 Å². The second kappa shape index (κ2) is 10.7. The van der Waals surface area contributed by atoms with Gasteiger partial charge in [-0.25, -0.2) is 4.68 Å². The Labute approximate surface area is 242 Å². The predicted molar refractivity (Wildman–Crippen MR) is 145 cm³/mol. The summed E-state index contributed by atoms with van der Waals surface area (Å²) >= 11 is 17.2. The molecule has 14 nitrogen and oxygen atoms in total. The number of nitrogens with zero attached hydrogens (tertiary/aromatic N) is 6. The van der Waals surface area contributed by atoms with Crippen molar-refractivity contribution in [3.63, 3.8) is 0 Å². The largest absolute Gasteiger partial charge is 0.390 e. The molecule has 0 spiro atoms. The Morgan fingerprint density at radius 3 is 2.55 bits per heavy atom. The number of aromatic nitrogens is 5. The molecule has 2 aliphatic carbocycles. The van der Waals surface area contributed by atoms with E-state index in [1.807, 2.05) is 24.1 Å². The highest BCUT2D eigenvalue weighted by Crippen LogP contribution is 2.76. The number of hydrogen-bond acceptors (Lipinski definition) is 10. The van der Waals surface area contributed by atoms with Crippen molar-refractivity contribution in [1.29, 1.82) is 0 Å². The van der Waals surface area contributed by atoms with Crippen molar-refractivity contribution >= 4 is 67.0 Å². The first-order valence-electron chi connectivity index (χ1n) is 12.0. The molecule has 2 heterocycles. The molecule has 1 fully saturated rings. The SMILES string of the molecule is CN(c1nc(Cl)nc2c1nnn2[C@@H]1C[C@H](COP(=O)(O)C(Cl)(Cl)P(=O)(O)O)[C@@H](O)[C@H]1O)[C@@H]1CCc2ccccc21. The molecule has 218 valence electrons. The summed E-state index contributed by atoms with van der Waals surface area (Å²) in [4.78, 5) is 39.1. The van der Waals surface area contributed by atoms with E-state index in [-0.39, 0.29) is 23.4 Å². The summed E-state index contributed by atoms with van der Waals surface area (Å²) in [6.45, 7) is -0.707. The highest BCUT2D eigenvalue weighted by Gasteiger charge is 2.60. The summed E-state index contributed by atoms with van der Waals surface area (Å²) in [5.74, 6) is -0.551. The third-order valence-electron chi connectivity index (χ3n) is 7.42. The zero-order valence-electron chi connectivity index (χ0n) is 20.7. The molecule has 1 aromatic carbocycles. The van der Waals surface area contributed by atoms with Gasteiger partial charge in [0.25, 0.3) is 0 Å². The van der Waals surface area contributed by atoms with Crippen molar-refractivity contribution in [2.75, 3.05) is 18.6 Å². The molecule has 5 rings (SSSR count). The zero-order valence-corrected chi connectivity index (χ0v) is 24.8. The Bertz CT molecular complexity index is 1540. The van der Waals surface area contributed by atoms with Crippen LogP contribution in [0.4, 0.5) is 5.82 Å². The van der Waals surface area contributed by atoms with Crippen LogP contribution in [0, 0.1) is 5.92 Å². The fourth-order valence-corrected chi connectivity index (χ4v) is 7.78. The molecule has 3 aromatic rings. The van der Waals surface area contributed by atoms with Gasteiger partial charge in [-0.15, -0.1) is 5.10 Å². The van der Waals surface area contributed by atoms with Crippen LogP contribution in [0.3, 0.4) is 0 Å². The van der Waals surface area contributed by atoms with E-state index in [0.29, 0.717) is 11.3 Å². The van der Waals surface area contributed by atoms with E-state index >= 15 is 0 Å². The van der Waals surface area contributed by atoms with Gasteiger partial charge in [0.1, 0.15) is 6.10 Å². The van der Waals surface area contributed by atoms with Gasteiger partial charge in [-0.1, -0.05) is 52.7 Å². The molecule has 0 radical (unpaired) electrons. The van der Waals surface area contributed by atoms with E-state index in [1.54, 1.807) is 0 Å². The van der Waals surface area contributed by atoms with E-state index in [4.69, 9.17) is 39.3 Å². The van der Waals surface area contributed by atoms with Gasteiger partial charge in [-0.3, -0.25) is 9.13 Å². The first-order valence-corrected chi connectivity index (χ1v) is 16.3. The number of rotatable bonds is 8. The molecule has 0 amide bonds. The summed E-state index contributed by atoms with van der Waals surface area (Å²) in [6, 6.07) is 7.19. The second-order valence-electron chi connectivity index (χ2n) is 9.80. The smallest absolute Gasteiger partial charge is 0.376 e. The lowest BCUT2D eigenvalue weighted by Gasteiger charge is -2.26. The standard InChI is InChI=1S/C21H25Cl3N6O8P2/c1-29(13-7-6-10-4-2-3-5-12(10)13)18-15-19(26-20(22)25-18)30(28-27-15)14-8-11(16(31)17(14)32)9-38-40(36,37)21(23,24)39(33,34)35/h2-5,11,13-14,16-17,31-32H,6-9H2,1H3,(H,36,37)(H2,33,34,35)/t11-,13-,14-,16-,17+/m1/s1. The quantitative estimate of drug-likeness (QED) is 0.134. The van der Waals surface area contributed by atoms with E-state index < -0.39 is 49.8 Å². The molecular formula is C21H25Cl3N6O8P2. The Hall–Kier alpha value is -1.41. The lowest BCUT2D eigenvalue weighted by atomic mass is 10.1. The molecule has 0 saturated heterocycles. The number of alkyl halides is 2. The van der Waals surface area contributed by atoms with Gasteiger partial charge in [0.2, 0.25) is 5.28 Å². The van der Waals surface area contributed by atoms with Crippen LogP contribution in [-0.2, 0) is 20.1 Å². The van der Waals surface area contributed by atoms with Crippen LogP contribution in [-0.4, -0.2) is 79.5 Å². The number of benzene rings is 1. The molecule has 1 saturated carbocycles. The van der Waals surface area contributed by atoms with Crippen LogP contribution in [0.2, 0.25) is 5.28 Å². The van der Waals surface area contributed by atoms with Crippen LogP contribution < -0.4 is 4.90 Å². The molecule has 2 aromatic heterocycles. The lowest BCUT2D eigenvalue weighted by Crippen LogP contribution is -2.31. The molecule has 6 atom stereocenters. The Balaban J connectivity index is 1.40. The van der Waals surface area contributed by atoms with Crippen molar-refractivity contribution in [3.8, 4) is 0 Å². The van der Waals surface area contributed by atoms with Crippen molar-refractivity contribution in [3.05, 3.63) is 40.7 Å². The Kier molecular flexibility index (Phi) is 8.04. The fraction of sp³-hybridized carbons (Fsp3) is 0.524. The van der Waals surface area contributed by atoms with E-state index in [0.717, 1.165) is 18.4 Å². The molecule has 40 heavy (non-hydrogen) atoms. The number of fused-ring (bicyclic) bond motifs is 2. The fourth-order valence-electron chi connectivity index (χ4n) is 5.29. The maximum absolute atomic E-state index is 12.4. The lowest BCUT2D eigenvalue weighted by molar-refractivity contribution is -0.00372. The van der Waals surface area contributed by atoms with Gasteiger partial charge in [0.15, 0.2) is 17.0 Å². The monoisotopic (exact) mass is 656 g/mol. The second-order valence-corrected chi connectivity index (χ2v) is 16.6. The van der Waals surface area contributed by atoms with Crippen molar-refractivity contribution < 1.29 is 38.5 Å². The van der Waals surface area contributed by atoms with Gasteiger partial charge in [0.05, 0.1) is 24.8 Å². The minimum atomic E-state index is -5.47. The maximum Gasteiger partial charge on any atom is 0.376 e. The van der Waals surface area contributed by atoms with Crippen molar-refractivity contribution in [2.24, 2.45) is 5.92 Å². The van der Waals surface area contributed by atoms with Crippen LogP contribution in [0.25, 0.3) is 11.2 Å². The van der Waals surface area contributed by atoms with Crippen LogP contribution in [0.1, 0.15) is 36.1 Å². The van der Waals surface area contributed by atoms with E-state index in [2.05, 4.69) is 32.4 Å². The van der Waals surface area contributed by atoms with Gasteiger partial charge >= 0.3 is 19.0 Å². The topological polar surface area (TPSA) is 204 Å². The predicted octanol–water partition coefficient (Wildman–Crippen LogP) is 2.75. The molecule has 19 heteroatoms. The third kappa shape index (κ3) is 5.07. The van der Waals surface area contributed by atoms with Crippen molar-refractivity contribution in [2.45, 2.75) is 47.4 Å². The first-order chi connectivity index (χ1) is 18.6. The molecule has 1 unspecified atom stereocenters. The van der Waals surface area contributed by atoms with Crippen molar-refractivity contribution in [1.82, 2.24) is 25.0 Å².